The van der Waals surface area contributed by atoms with Gasteiger partial charge in [-0.2, -0.15) is 0 Å². The zero-order chi connectivity index (χ0) is 13.4. The largest absolute Gasteiger partial charge is 0.497 e. The number of aromatic nitrogens is 1. The van der Waals surface area contributed by atoms with Gasteiger partial charge in [0.05, 0.1) is 12.8 Å². The normalized spacial score (nSPS) is 14.7. The molecule has 0 aliphatic heterocycles. The van der Waals surface area contributed by atoms with Crippen molar-refractivity contribution in [2.45, 2.75) is 25.8 Å². The standard InChI is InChI=1S/C15H16BrNO2/c1-19-10-5-6-13-12(9-10)11-3-2-4-14(18)15(11)17(13)8-7-16/h5-6,9H,2-4,7-8H2,1H3. The molecule has 1 aromatic heterocycles. The van der Waals surface area contributed by atoms with E-state index < -0.39 is 0 Å². The van der Waals surface area contributed by atoms with Crippen molar-refractivity contribution in [2.24, 2.45) is 0 Å². The summed E-state index contributed by atoms with van der Waals surface area (Å²) < 4.78 is 7.46. The number of halogens is 1. The van der Waals surface area contributed by atoms with E-state index in [-0.39, 0.29) is 5.78 Å². The number of carbonyl (C=O) groups excluding carboxylic acids is 1. The second kappa shape index (κ2) is 5.00. The van der Waals surface area contributed by atoms with E-state index >= 15 is 0 Å². The van der Waals surface area contributed by atoms with E-state index in [0.717, 1.165) is 41.7 Å². The van der Waals surface area contributed by atoms with Gasteiger partial charge < -0.3 is 9.30 Å². The third kappa shape index (κ3) is 1.98. The van der Waals surface area contributed by atoms with Crippen molar-refractivity contribution < 1.29 is 9.53 Å². The minimum absolute atomic E-state index is 0.275. The number of fused-ring (bicyclic) bond motifs is 3. The van der Waals surface area contributed by atoms with E-state index in [1.807, 2.05) is 6.07 Å². The Balaban J connectivity index is 2.31. The smallest absolute Gasteiger partial charge is 0.179 e. The molecule has 0 fully saturated rings. The summed E-state index contributed by atoms with van der Waals surface area (Å²) in [5, 5.41) is 2.02. The Morgan fingerprint density at radius 1 is 1.37 bits per heavy atom. The third-order valence-corrected chi connectivity index (χ3v) is 4.13. The van der Waals surface area contributed by atoms with E-state index in [4.69, 9.17) is 4.74 Å². The van der Waals surface area contributed by atoms with Gasteiger partial charge in [-0.25, -0.2) is 0 Å². The first-order valence-corrected chi connectivity index (χ1v) is 7.66. The quantitative estimate of drug-likeness (QED) is 0.809. The summed E-state index contributed by atoms with van der Waals surface area (Å²) in [7, 11) is 1.67. The molecule has 0 bridgehead atoms. The molecule has 0 amide bonds. The van der Waals surface area contributed by atoms with E-state index in [9.17, 15) is 4.79 Å². The fourth-order valence-electron chi connectivity index (χ4n) is 2.96. The molecule has 0 spiro atoms. The summed E-state index contributed by atoms with van der Waals surface area (Å²) >= 11 is 3.48. The number of nitrogens with zero attached hydrogens (tertiary/aromatic N) is 1. The van der Waals surface area contributed by atoms with E-state index in [1.165, 1.54) is 10.9 Å². The van der Waals surface area contributed by atoms with Crippen LogP contribution < -0.4 is 4.74 Å². The summed E-state index contributed by atoms with van der Waals surface area (Å²) in [6, 6.07) is 6.07. The van der Waals surface area contributed by atoms with Gasteiger partial charge in [0, 0.05) is 29.2 Å². The number of hydrogen-bond donors (Lipinski definition) is 0. The summed E-state index contributed by atoms with van der Waals surface area (Å²) in [4.78, 5) is 12.2. The lowest BCUT2D eigenvalue weighted by atomic mass is 9.94. The number of ketones is 1. The molecule has 0 radical (unpaired) electrons. The first kappa shape index (κ1) is 12.7. The van der Waals surface area contributed by atoms with Crippen molar-refractivity contribution in [3.8, 4) is 5.75 Å². The van der Waals surface area contributed by atoms with Gasteiger partial charge in [0.1, 0.15) is 5.75 Å². The van der Waals surface area contributed by atoms with Crippen molar-refractivity contribution >= 4 is 32.6 Å². The highest BCUT2D eigenvalue weighted by molar-refractivity contribution is 9.09. The van der Waals surface area contributed by atoms with Crippen LogP contribution in [-0.4, -0.2) is 22.8 Å². The summed E-state index contributed by atoms with van der Waals surface area (Å²) in [5.74, 6) is 1.13. The summed E-state index contributed by atoms with van der Waals surface area (Å²) in [6.45, 7) is 0.823. The minimum Gasteiger partial charge on any atom is -0.497 e. The van der Waals surface area contributed by atoms with Crippen molar-refractivity contribution in [1.82, 2.24) is 4.57 Å². The third-order valence-electron chi connectivity index (χ3n) is 3.78. The monoisotopic (exact) mass is 321 g/mol. The number of methoxy groups -OCH3 is 1. The average Bonchev–Trinajstić information content (AvgIpc) is 2.75. The molecule has 100 valence electrons. The van der Waals surface area contributed by atoms with Crippen LogP contribution in [0.15, 0.2) is 18.2 Å². The molecule has 2 aromatic rings. The van der Waals surface area contributed by atoms with Gasteiger partial charge in [0.15, 0.2) is 5.78 Å². The van der Waals surface area contributed by atoms with Crippen LogP contribution in [-0.2, 0) is 13.0 Å². The van der Waals surface area contributed by atoms with Gasteiger partial charge in [0.25, 0.3) is 0 Å². The Morgan fingerprint density at radius 3 is 2.95 bits per heavy atom. The Hall–Kier alpha value is -1.29. The predicted molar refractivity (Wildman–Crippen MR) is 79.6 cm³/mol. The first-order chi connectivity index (χ1) is 9.26. The van der Waals surface area contributed by atoms with Crippen LogP contribution in [0.4, 0.5) is 0 Å². The van der Waals surface area contributed by atoms with Crippen molar-refractivity contribution in [3.63, 3.8) is 0 Å². The number of rotatable bonds is 3. The van der Waals surface area contributed by atoms with Gasteiger partial charge >= 0.3 is 0 Å². The average molecular weight is 322 g/mol. The Bertz CT molecular complexity index is 645. The van der Waals surface area contributed by atoms with Gasteiger partial charge in [-0.1, -0.05) is 15.9 Å². The van der Waals surface area contributed by atoms with E-state index in [0.29, 0.717) is 6.42 Å². The van der Waals surface area contributed by atoms with Gasteiger partial charge in [0.2, 0.25) is 0 Å². The highest BCUT2D eigenvalue weighted by Crippen LogP contribution is 2.34. The van der Waals surface area contributed by atoms with Crippen molar-refractivity contribution in [1.29, 1.82) is 0 Å². The number of Topliss-reactive ketones (excluding diaryl/α,β-unsaturated/α-hetero) is 1. The van der Waals surface area contributed by atoms with Crippen molar-refractivity contribution in [3.05, 3.63) is 29.5 Å². The highest BCUT2D eigenvalue weighted by atomic mass is 79.9. The van der Waals surface area contributed by atoms with Crippen LogP contribution in [0.5, 0.6) is 5.75 Å². The second-order valence-corrected chi connectivity index (χ2v) is 5.62. The fourth-order valence-corrected chi connectivity index (χ4v) is 3.32. The first-order valence-electron chi connectivity index (χ1n) is 6.54. The Labute approximate surface area is 120 Å². The van der Waals surface area contributed by atoms with Gasteiger partial charge in [-0.05, 0) is 36.6 Å². The van der Waals surface area contributed by atoms with Crippen molar-refractivity contribution in [2.75, 3.05) is 12.4 Å². The molecule has 19 heavy (non-hydrogen) atoms. The van der Waals surface area contributed by atoms with Crippen LogP contribution in [0.25, 0.3) is 10.9 Å². The number of benzene rings is 1. The summed E-state index contributed by atoms with van der Waals surface area (Å²) in [6.07, 6.45) is 2.61. The van der Waals surface area contributed by atoms with Gasteiger partial charge in [-0.3, -0.25) is 4.79 Å². The number of alkyl halides is 1. The number of hydrogen-bond acceptors (Lipinski definition) is 2. The molecule has 1 aliphatic carbocycles. The Morgan fingerprint density at radius 2 is 2.21 bits per heavy atom. The van der Waals surface area contributed by atoms with Crippen LogP contribution in [0.3, 0.4) is 0 Å². The molecule has 1 aliphatic rings. The molecule has 1 heterocycles. The molecule has 3 rings (SSSR count). The van der Waals surface area contributed by atoms with Gasteiger partial charge in [-0.15, -0.1) is 0 Å². The maximum atomic E-state index is 12.2. The van der Waals surface area contributed by atoms with E-state index in [2.05, 4.69) is 32.6 Å². The molecule has 0 N–H and O–H groups in total. The molecule has 3 nitrogen and oxygen atoms in total. The zero-order valence-corrected chi connectivity index (χ0v) is 12.5. The molecule has 0 saturated heterocycles. The lowest BCUT2D eigenvalue weighted by Gasteiger charge is -2.14. The second-order valence-electron chi connectivity index (χ2n) is 4.83. The van der Waals surface area contributed by atoms with Crippen LogP contribution in [0, 0.1) is 0 Å². The van der Waals surface area contributed by atoms with Crippen LogP contribution in [0.1, 0.15) is 28.9 Å². The molecule has 4 heteroatoms. The molecule has 0 saturated carbocycles. The maximum absolute atomic E-state index is 12.2. The number of carbonyl (C=O) groups is 1. The number of aryl methyl sites for hydroxylation is 2. The highest BCUT2D eigenvalue weighted by Gasteiger charge is 2.25. The topological polar surface area (TPSA) is 31.2 Å². The fraction of sp³-hybridized carbons (Fsp3) is 0.400. The number of ether oxygens (including phenoxy) is 1. The Kier molecular flexibility index (Phi) is 3.35. The SMILES string of the molecule is COc1ccc2c(c1)c1c(n2CCBr)C(=O)CCC1. The van der Waals surface area contributed by atoms with Crippen LogP contribution in [0.2, 0.25) is 0 Å². The van der Waals surface area contributed by atoms with E-state index in [1.54, 1.807) is 7.11 Å². The molecule has 0 unspecified atom stereocenters. The molecule has 0 atom stereocenters. The molecular weight excluding hydrogens is 306 g/mol. The molecular formula is C15H16BrNO2. The predicted octanol–water partition coefficient (Wildman–Crippen LogP) is 3.56. The lowest BCUT2D eigenvalue weighted by Crippen LogP contribution is -2.15. The zero-order valence-electron chi connectivity index (χ0n) is 10.9. The lowest BCUT2D eigenvalue weighted by molar-refractivity contribution is 0.0964. The minimum atomic E-state index is 0.275. The van der Waals surface area contributed by atoms with Crippen LogP contribution >= 0.6 is 15.9 Å². The maximum Gasteiger partial charge on any atom is 0.179 e. The summed E-state index contributed by atoms with van der Waals surface area (Å²) in [5.41, 5.74) is 3.25. The molecule has 1 aromatic carbocycles.